The van der Waals surface area contributed by atoms with Gasteiger partial charge < -0.3 is 14.3 Å². The molecule has 2 aromatic rings. The maximum atomic E-state index is 14.8. The second kappa shape index (κ2) is 8.93. The first kappa shape index (κ1) is 19.9. The Hall–Kier alpha value is -2.44. The normalized spacial score (nSPS) is 18.7. The first-order valence-electron chi connectivity index (χ1n) is 10.8. The average molecular weight is 400 g/mol. The minimum atomic E-state index is -0.295. The lowest BCUT2D eigenvalue weighted by molar-refractivity contribution is -0.136. The third-order valence-corrected chi connectivity index (χ3v) is 6.08. The summed E-state index contributed by atoms with van der Waals surface area (Å²) in [6.07, 6.45) is 6.90. The van der Waals surface area contributed by atoms with Gasteiger partial charge >= 0.3 is 0 Å². The SMILES string of the molecule is CCc1noc(-c2ccc(N3CCC(C(=O)N4CCCCCC4)CC3)c(F)c2)n1. The standard InChI is InChI=1S/C22H29FN4O2/c1-2-20-24-21(29-25-20)17-7-8-19(18(23)15-17)26-13-9-16(10-14-26)22(28)27-11-5-3-4-6-12-27/h7-8,15-16H,2-6,9-14H2,1H3. The molecule has 1 aromatic heterocycles. The maximum absolute atomic E-state index is 14.8. The Morgan fingerprint density at radius 3 is 2.48 bits per heavy atom. The summed E-state index contributed by atoms with van der Waals surface area (Å²) in [6.45, 7) is 5.12. The molecule has 3 heterocycles. The fraction of sp³-hybridized carbons (Fsp3) is 0.591. The van der Waals surface area contributed by atoms with E-state index in [1.54, 1.807) is 6.07 Å². The number of hydrogen-bond donors (Lipinski definition) is 0. The molecule has 1 aromatic carbocycles. The number of anilines is 1. The molecular weight excluding hydrogens is 371 g/mol. The van der Waals surface area contributed by atoms with Crippen LogP contribution in [0.2, 0.25) is 0 Å². The van der Waals surface area contributed by atoms with Crippen LogP contribution in [0.25, 0.3) is 11.5 Å². The van der Waals surface area contributed by atoms with E-state index in [-0.39, 0.29) is 11.7 Å². The molecule has 2 aliphatic heterocycles. The van der Waals surface area contributed by atoms with Crippen molar-refractivity contribution < 1.29 is 13.7 Å². The van der Waals surface area contributed by atoms with Gasteiger partial charge in [0.2, 0.25) is 5.91 Å². The molecule has 0 spiro atoms. The van der Waals surface area contributed by atoms with Gasteiger partial charge in [-0.1, -0.05) is 24.9 Å². The first-order valence-corrected chi connectivity index (χ1v) is 10.8. The molecule has 2 fully saturated rings. The number of likely N-dealkylation sites (tertiary alicyclic amines) is 1. The largest absolute Gasteiger partial charge is 0.369 e. The zero-order valence-electron chi connectivity index (χ0n) is 17.1. The number of nitrogens with zero attached hydrogens (tertiary/aromatic N) is 4. The van der Waals surface area contributed by atoms with Crippen molar-refractivity contribution in [3.63, 3.8) is 0 Å². The highest BCUT2D eigenvalue weighted by Gasteiger charge is 2.29. The van der Waals surface area contributed by atoms with Gasteiger partial charge in [-0.05, 0) is 43.9 Å². The van der Waals surface area contributed by atoms with Crippen LogP contribution in [0.5, 0.6) is 0 Å². The maximum Gasteiger partial charge on any atom is 0.258 e. The third-order valence-electron chi connectivity index (χ3n) is 6.08. The third kappa shape index (κ3) is 4.43. The number of hydrogen-bond acceptors (Lipinski definition) is 5. The number of aromatic nitrogens is 2. The van der Waals surface area contributed by atoms with Crippen molar-refractivity contribution in [2.45, 2.75) is 51.9 Å². The predicted molar refractivity (Wildman–Crippen MR) is 109 cm³/mol. The molecule has 0 saturated carbocycles. The summed E-state index contributed by atoms with van der Waals surface area (Å²) in [5, 5.41) is 3.87. The number of aryl methyl sites for hydroxylation is 1. The molecule has 0 atom stereocenters. The van der Waals surface area contributed by atoms with E-state index in [0.717, 1.165) is 38.8 Å². The van der Waals surface area contributed by atoms with Crippen molar-refractivity contribution in [3.05, 3.63) is 29.8 Å². The molecule has 1 amide bonds. The highest BCUT2D eigenvalue weighted by molar-refractivity contribution is 5.79. The van der Waals surface area contributed by atoms with Gasteiger partial charge in [0.15, 0.2) is 5.82 Å². The van der Waals surface area contributed by atoms with Crippen LogP contribution in [-0.2, 0) is 11.2 Å². The number of rotatable bonds is 4. The Labute approximate surface area is 171 Å². The van der Waals surface area contributed by atoms with Gasteiger partial charge in [0.25, 0.3) is 5.89 Å². The van der Waals surface area contributed by atoms with Crippen LogP contribution in [0.3, 0.4) is 0 Å². The minimum Gasteiger partial charge on any atom is -0.369 e. The molecule has 0 unspecified atom stereocenters. The van der Waals surface area contributed by atoms with Gasteiger partial charge in [-0.2, -0.15) is 4.98 Å². The monoisotopic (exact) mass is 400 g/mol. The van der Waals surface area contributed by atoms with Gasteiger partial charge in [0.05, 0.1) is 5.69 Å². The fourth-order valence-corrected chi connectivity index (χ4v) is 4.33. The van der Waals surface area contributed by atoms with Crippen molar-refractivity contribution in [1.29, 1.82) is 0 Å². The Bertz CT molecular complexity index is 837. The van der Waals surface area contributed by atoms with Crippen LogP contribution in [0.4, 0.5) is 10.1 Å². The molecule has 29 heavy (non-hydrogen) atoms. The van der Waals surface area contributed by atoms with Crippen LogP contribution in [0.1, 0.15) is 51.3 Å². The van der Waals surface area contributed by atoms with Crippen molar-refractivity contribution >= 4 is 11.6 Å². The van der Waals surface area contributed by atoms with Crippen molar-refractivity contribution in [3.8, 4) is 11.5 Å². The Morgan fingerprint density at radius 1 is 1.14 bits per heavy atom. The summed E-state index contributed by atoms with van der Waals surface area (Å²) in [6, 6.07) is 5.05. The number of carbonyl (C=O) groups excluding carboxylic acids is 1. The lowest BCUT2D eigenvalue weighted by atomic mass is 9.94. The van der Waals surface area contributed by atoms with Crippen LogP contribution >= 0.6 is 0 Å². The summed E-state index contributed by atoms with van der Waals surface area (Å²) in [4.78, 5) is 21.2. The Kier molecular flexibility index (Phi) is 6.11. The number of carbonyl (C=O) groups is 1. The topological polar surface area (TPSA) is 62.5 Å². The van der Waals surface area contributed by atoms with Gasteiger partial charge in [0.1, 0.15) is 5.82 Å². The number of benzene rings is 1. The Morgan fingerprint density at radius 2 is 1.86 bits per heavy atom. The molecule has 156 valence electrons. The van der Waals surface area contributed by atoms with E-state index in [2.05, 4.69) is 15.0 Å². The fourth-order valence-electron chi connectivity index (χ4n) is 4.33. The number of amides is 1. The molecule has 2 saturated heterocycles. The zero-order chi connectivity index (χ0) is 20.2. The number of piperidine rings is 1. The molecule has 0 radical (unpaired) electrons. The van der Waals surface area contributed by atoms with Crippen LogP contribution in [0.15, 0.2) is 22.7 Å². The predicted octanol–water partition coefficient (Wildman–Crippen LogP) is 4.06. The lowest BCUT2D eigenvalue weighted by Crippen LogP contribution is -2.43. The second-order valence-electron chi connectivity index (χ2n) is 8.04. The van der Waals surface area contributed by atoms with Gasteiger partial charge in [-0.25, -0.2) is 4.39 Å². The van der Waals surface area contributed by atoms with Crippen molar-refractivity contribution in [2.75, 3.05) is 31.1 Å². The van der Waals surface area contributed by atoms with E-state index in [9.17, 15) is 9.18 Å². The van der Waals surface area contributed by atoms with Crippen molar-refractivity contribution in [1.82, 2.24) is 15.0 Å². The number of halogens is 1. The van der Waals surface area contributed by atoms with Crippen molar-refractivity contribution in [2.24, 2.45) is 5.92 Å². The summed E-state index contributed by atoms with van der Waals surface area (Å²) in [5.74, 6) is 1.02. The highest BCUT2D eigenvalue weighted by atomic mass is 19.1. The molecule has 7 heteroatoms. The molecule has 0 N–H and O–H groups in total. The van der Waals surface area contributed by atoms with E-state index < -0.39 is 0 Å². The van der Waals surface area contributed by atoms with E-state index in [1.165, 1.54) is 18.9 Å². The van der Waals surface area contributed by atoms with E-state index in [4.69, 9.17) is 4.52 Å². The second-order valence-corrected chi connectivity index (χ2v) is 8.04. The highest BCUT2D eigenvalue weighted by Crippen LogP contribution is 2.30. The molecule has 0 aliphatic carbocycles. The summed E-state index contributed by atoms with van der Waals surface area (Å²) >= 11 is 0. The summed E-state index contributed by atoms with van der Waals surface area (Å²) in [7, 11) is 0. The lowest BCUT2D eigenvalue weighted by Gasteiger charge is -2.35. The molecule has 2 aliphatic rings. The van der Waals surface area contributed by atoms with Crippen LogP contribution in [0, 0.1) is 11.7 Å². The van der Waals surface area contributed by atoms with E-state index in [0.29, 0.717) is 48.4 Å². The van der Waals surface area contributed by atoms with E-state index in [1.807, 2.05) is 17.9 Å². The zero-order valence-corrected chi connectivity index (χ0v) is 17.1. The molecule has 6 nitrogen and oxygen atoms in total. The molecule has 4 rings (SSSR count). The molecule has 0 bridgehead atoms. The quantitative estimate of drug-likeness (QED) is 0.775. The molecular formula is C22H29FN4O2. The smallest absolute Gasteiger partial charge is 0.258 e. The minimum absolute atomic E-state index is 0.0672. The van der Waals surface area contributed by atoms with Gasteiger partial charge in [0, 0.05) is 44.1 Å². The van der Waals surface area contributed by atoms with E-state index >= 15 is 0 Å². The summed E-state index contributed by atoms with van der Waals surface area (Å²) < 4.78 is 20.0. The average Bonchev–Trinajstić information content (AvgIpc) is 3.07. The van der Waals surface area contributed by atoms with Crippen LogP contribution < -0.4 is 4.90 Å². The Balaban J connectivity index is 1.38. The van der Waals surface area contributed by atoms with Gasteiger partial charge in [-0.15, -0.1) is 0 Å². The van der Waals surface area contributed by atoms with Gasteiger partial charge in [-0.3, -0.25) is 4.79 Å². The summed E-state index contributed by atoms with van der Waals surface area (Å²) in [5.41, 5.74) is 1.16. The van der Waals surface area contributed by atoms with Crippen LogP contribution in [-0.4, -0.2) is 47.1 Å². The first-order chi connectivity index (χ1) is 14.2.